The molecule has 0 N–H and O–H groups in total. The highest BCUT2D eigenvalue weighted by atomic mass is 32.2. The second-order valence-corrected chi connectivity index (χ2v) is 6.36. The van der Waals surface area contributed by atoms with Crippen LogP contribution in [0.15, 0.2) is 53.4 Å². The summed E-state index contributed by atoms with van der Waals surface area (Å²) in [7, 11) is -2.67. The van der Waals surface area contributed by atoms with E-state index < -0.39 is 21.9 Å². The molecular weight excluding hydrogens is 306 g/mol. The lowest BCUT2D eigenvalue weighted by Crippen LogP contribution is -2.29. The SMILES string of the molecule is COC(=O)c1ccc(N2C(=O)c3ccccc3S2(=O)=O)cc1. The molecule has 0 saturated carbocycles. The van der Waals surface area contributed by atoms with Crippen molar-refractivity contribution in [3.05, 3.63) is 59.7 Å². The highest BCUT2D eigenvalue weighted by Gasteiger charge is 2.41. The van der Waals surface area contributed by atoms with E-state index in [1.807, 2.05) is 0 Å². The van der Waals surface area contributed by atoms with Gasteiger partial charge in [-0.05, 0) is 36.4 Å². The van der Waals surface area contributed by atoms with Crippen molar-refractivity contribution in [3.8, 4) is 0 Å². The van der Waals surface area contributed by atoms with Crippen LogP contribution in [0.2, 0.25) is 0 Å². The zero-order valence-corrected chi connectivity index (χ0v) is 12.3. The quantitative estimate of drug-likeness (QED) is 0.789. The Bertz CT molecular complexity index is 871. The van der Waals surface area contributed by atoms with Gasteiger partial charge >= 0.3 is 5.97 Å². The number of anilines is 1. The van der Waals surface area contributed by atoms with Crippen LogP contribution in [0.1, 0.15) is 20.7 Å². The molecule has 0 radical (unpaired) electrons. The van der Waals surface area contributed by atoms with Gasteiger partial charge in [0.1, 0.15) is 4.90 Å². The molecule has 0 bridgehead atoms. The summed E-state index contributed by atoms with van der Waals surface area (Å²) < 4.78 is 30.3. The molecule has 0 saturated heterocycles. The molecule has 7 heteroatoms. The van der Waals surface area contributed by atoms with Crippen molar-refractivity contribution >= 4 is 27.6 Å². The lowest BCUT2D eigenvalue weighted by molar-refractivity contribution is 0.0600. The number of methoxy groups -OCH3 is 1. The predicted octanol–water partition coefficient (Wildman–Crippen LogP) is 1.82. The molecule has 0 unspecified atom stereocenters. The Morgan fingerprint density at radius 2 is 1.68 bits per heavy atom. The first-order valence-electron chi connectivity index (χ1n) is 6.34. The van der Waals surface area contributed by atoms with Crippen molar-refractivity contribution < 1.29 is 22.7 Å². The van der Waals surface area contributed by atoms with Crippen LogP contribution in [-0.4, -0.2) is 27.4 Å². The Hall–Kier alpha value is -2.67. The molecular formula is C15H11NO5S. The fraction of sp³-hybridized carbons (Fsp3) is 0.0667. The summed E-state index contributed by atoms with van der Waals surface area (Å²) in [6.45, 7) is 0. The number of ether oxygens (including phenoxy) is 1. The fourth-order valence-electron chi connectivity index (χ4n) is 2.29. The van der Waals surface area contributed by atoms with E-state index in [-0.39, 0.29) is 21.7 Å². The average molecular weight is 317 g/mol. The molecule has 0 aromatic heterocycles. The number of hydrogen-bond acceptors (Lipinski definition) is 5. The van der Waals surface area contributed by atoms with Gasteiger partial charge < -0.3 is 4.74 Å². The molecule has 1 aliphatic rings. The summed E-state index contributed by atoms with van der Waals surface area (Å²) in [4.78, 5) is 23.7. The first-order chi connectivity index (χ1) is 10.5. The van der Waals surface area contributed by atoms with E-state index in [0.29, 0.717) is 0 Å². The van der Waals surface area contributed by atoms with E-state index in [9.17, 15) is 18.0 Å². The Kier molecular flexibility index (Phi) is 3.22. The van der Waals surface area contributed by atoms with Crippen LogP contribution in [0.3, 0.4) is 0 Å². The second kappa shape index (κ2) is 4.96. The maximum Gasteiger partial charge on any atom is 0.337 e. The second-order valence-electron chi connectivity index (χ2n) is 4.61. The van der Waals surface area contributed by atoms with Crippen LogP contribution in [0.4, 0.5) is 5.69 Å². The van der Waals surface area contributed by atoms with Crippen molar-refractivity contribution in [1.82, 2.24) is 0 Å². The third-order valence-corrected chi connectivity index (χ3v) is 5.11. The largest absolute Gasteiger partial charge is 0.465 e. The van der Waals surface area contributed by atoms with E-state index in [1.54, 1.807) is 12.1 Å². The molecule has 22 heavy (non-hydrogen) atoms. The topological polar surface area (TPSA) is 80.8 Å². The number of amides is 1. The lowest BCUT2D eigenvalue weighted by atomic mass is 10.2. The molecule has 1 heterocycles. The number of benzene rings is 2. The molecule has 0 spiro atoms. The van der Waals surface area contributed by atoms with Gasteiger partial charge in [-0.15, -0.1) is 0 Å². The third-order valence-electron chi connectivity index (χ3n) is 3.34. The lowest BCUT2D eigenvalue weighted by Gasteiger charge is -2.15. The number of sulfonamides is 1. The maximum atomic E-state index is 12.5. The number of hydrogen-bond donors (Lipinski definition) is 0. The molecule has 6 nitrogen and oxygen atoms in total. The Labute approximate surface area is 127 Å². The minimum atomic E-state index is -3.92. The molecule has 2 aromatic carbocycles. The minimum Gasteiger partial charge on any atom is -0.465 e. The van der Waals surface area contributed by atoms with Crippen LogP contribution in [0.5, 0.6) is 0 Å². The van der Waals surface area contributed by atoms with Crippen LogP contribution >= 0.6 is 0 Å². The number of nitrogens with zero attached hydrogens (tertiary/aromatic N) is 1. The first kappa shape index (κ1) is 14.3. The molecule has 1 aliphatic heterocycles. The summed E-state index contributed by atoms with van der Waals surface area (Å²) >= 11 is 0. The smallest absolute Gasteiger partial charge is 0.337 e. The van der Waals surface area contributed by atoms with Crippen molar-refractivity contribution in [2.75, 3.05) is 11.4 Å². The standard InChI is InChI=1S/C15H11NO5S/c1-21-15(18)10-6-8-11(9-7-10)16-14(17)12-4-2-3-5-13(12)22(16,19)20/h2-9H,1H3. The van der Waals surface area contributed by atoms with E-state index in [1.165, 1.54) is 43.5 Å². The Morgan fingerprint density at radius 1 is 1.05 bits per heavy atom. The van der Waals surface area contributed by atoms with Gasteiger partial charge in [0.25, 0.3) is 15.9 Å². The Morgan fingerprint density at radius 3 is 2.27 bits per heavy atom. The van der Waals surface area contributed by atoms with E-state index in [0.717, 1.165) is 4.31 Å². The molecule has 0 aliphatic carbocycles. The van der Waals surface area contributed by atoms with Gasteiger partial charge in [0.05, 0.1) is 23.9 Å². The van der Waals surface area contributed by atoms with Gasteiger partial charge in [0.15, 0.2) is 0 Å². The zero-order valence-electron chi connectivity index (χ0n) is 11.5. The maximum absolute atomic E-state index is 12.5. The van der Waals surface area contributed by atoms with Gasteiger partial charge in [-0.2, -0.15) is 4.31 Å². The van der Waals surface area contributed by atoms with Gasteiger partial charge in [0, 0.05) is 0 Å². The van der Waals surface area contributed by atoms with E-state index in [4.69, 9.17) is 0 Å². The van der Waals surface area contributed by atoms with Crippen molar-refractivity contribution in [1.29, 1.82) is 0 Å². The fourth-order valence-corrected chi connectivity index (χ4v) is 3.89. The van der Waals surface area contributed by atoms with Gasteiger partial charge in [-0.25, -0.2) is 13.2 Å². The summed E-state index contributed by atoms with van der Waals surface area (Å²) in [5, 5.41) is 0. The summed E-state index contributed by atoms with van der Waals surface area (Å²) in [5.74, 6) is -1.15. The summed E-state index contributed by atoms with van der Waals surface area (Å²) in [5.41, 5.74) is 0.584. The number of fused-ring (bicyclic) bond motifs is 1. The third kappa shape index (κ3) is 1.98. The summed E-state index contributed by atoms with van der Waals surface area (Å²) in [6.07, 6.45) is 0. The van der Waals surface area contributed by atoms with Crippen molar-refractivity contribution in [2.45, 2.75) is 4.90 Å². The highest BCUT2D eigenvalue weighted by Crippen LogP contribution is 2.34. The molecule has 0 fully saturated rings. The van der Waals surface area contributed by atoms with Crippen LogP contribution in [0.25, 0.3) is 0 Å². The minimum absolute atomic E-state index is 0.0166. The van der Waals surface area contributed by atoms with Crippen molar-refractivity contribution in [2.24, 2.45) is 0 Å². The van der Waals surface area contributed by atoms with Crippen LogP contribution in [0, 0.1) is 0 Å². The predicted molar refractivity (Wildman–Crippen MR) is 78.2 cm³/mol. The van der Waals surface area contributed by atoms with E-state index in [2.05, 4.69) is 4.74 Å². The molecule has 2 aromatic rings. The zero-order chi connectivity index (χ0) is 15.9. The van der Waals surface area contributed by atoms with Gasteiger partial charge in [-0.1, -0.05) is 12.1 Å². The van der Waals surface area contributed by atoms with Gasteiger partial charge in [-0.3, -0.25) is 4.79 Å². The molecule has 1 amide bonds. The van der Waals surface area contributed by atoms with E-state index >= 15 is 0 Å². The number of esters is 1. The Balaban J connectivity index is 2.07. The number of rotatable bonds is 2. The van der Waals surface area contributed by atoms with Crippen LogP contribution in [-0.2, 0) is 14.8 Å². The van der Waals surface area contributed by atoms with Gasteiger partial charge in [0.2, 0.25) is 0 Å². The summed E-state index contributed by atoms with van der Waals surface area (Å²) in [6, 6.07) is 11.6. The molecule has 3 rings (SSSR count). The normalized spacial score (nSPS) is 15.5. The first-order valence-corrected chi connectivity index (χ1v) is 7.78. The molecule has 112 valence electrons. The van der Waals surface area contributed by atoms with Crippen LogP contribution < -0.4 is 4.31 Å². The number of carbonyl (C=O) groups is 2. The number of carbonyl (C=O) groups excluding carboxylic acids is 2. The van der Waals surface area contributed by atoms with Crippen molar-refractivity contribution in [3.63, 3.8) is 0 Å². The highest BCUT2D eigenvalue weighted by molar-refractivity contribution is 7.94. The average Bonchev–Trinajstić information content (AvgIpc) is 2.74. The monoisotopic (exact) mass is 317 g/mol. The molecule has 0 atom stereocenters.